The van der Waals surface area contributed by atoms with Crippen LogP contribution in [0, 0.1) is 0 Å². The summed E-state index contributed by atoms with van der Waals surface area (Å²) < 4.78 is 5.41. The molecule has 0 spiro atoms. The lowest BCUT2D eigenvalue weighted by Crippen LogP contribution is -2.40. The van der Waals surface area contributed by atoms with Gasteiger partial charge < -0.3 is 9.64 Å². The first kappa shape index (κ1) is 19.0. The van der Waals surface area contributed by atoms with E-state index in [1.54, 1.807) is 30.3 Å². The average Bonchev–Trinajstić information content (AvgIpc) is 2.95. The van der Waals surface area contributed by atoms with Crippen LogP contribution in [-0.4, -0.2) is 47.9 Å². The number of imide groups is 1. The Morgan fingerprint density at radius 3 is 2.25 bits per heavy atom. The molecule has 0 atom stereocenters. The van der Waals surface area contributed by atoms with Crippen LogP contribution < -0.4 is 0 Å². The van der Waals surface area contributed by atoms with E-state index >= 15 is 0 Å². The van der Waals surface area contributed by atoms with Crippen LogP contribution in [-0.2, 0) is 20.9 Å². The molecule has 144 valence electrons. The summed E-state index contributed by atoms with van der Waals surface area (Å²) in [6, 6.07) is 14.2. The summed E-state index contributed by atoms with van der Waals surface area (Å²) in [5.74, 6) is -0.634. The summed E-state index contributed by atoms with van der Waals surface area (Å²) in [5.41, 5.74) is 2.22. The van der Waals surface area contributed by atoms with Gasteiger partial charge in [0.1, 0.15) is 5.70 Å². The third-order valence-electron chi connectivity index (χ3n) is 4.89. The highest BCUT2D eigenvalue weighted by molar-refractivity contribution is 6.36. The van der Waals surface area contributed by atoms with Crippen molar-refractivity contribution in [3.05, 3.63) is 75.4 Å². The third kappa shape index (κ3) is 3.53. The van der Waals surface area contributed by atoms with Crippen molar-refractivity contribution in [1.82, 2.24) is 9.80 Å². The highest BCUT2D eigenvalue weighted by Crippen LogP contribution is 2.34. The summed E-state index contributed by atoms with van der Waals surface area (Å²) in [7, 11) is 0. The average molecular weight is 417 g/mol. The van der Waals surface area contributed by atoms with Gasteiger partial charge in [-0.2, -0.15) is 0 Å². The second-order valence-corrected chi connectivity index (χ2v) is 7.46. The quantitative estimate of drug-likeness (QED) is 0.714. The van der Waals surface area contributed by atoms with Crippen molar-refractivity contribution in [2.24, 2.45) is 0 Å². The predicted octanol–water partition coefficient (Wildman–Crippen LogP) is 3.61. The highest BCUT2D eigenvalue weighted by atomic mass is 35.5. The number of carbonyl (C=O) groups is 2. The van der Waals surface area contributed by atoms with Gasteiger partial charge in [0.25, 0.3) is 11.8 Å². The van der Waals surface area contributed by atoms with Gasteiger partial charge in [-0.15, -0.1) is 0 Å². The molecule has 2 aromatic rings. The Labute approximate surface area is 173 Å². The van der Waals surface area contributed by atoms with Gasteiger partial charge in [0, 0.05) is 23.1 Å². The lowest BCUT2D eigenvalue weighted by atomic mass is 10.0. The van der Waals surface area contributed by atoms with E-state index in [4.69, 9.17) is 27.9 Å². The van der Waals surface area contributed by atoms with Crippen molar-refractivity contribution < 1.29 is 14.3 Å². The fraction of sp³-hybridized carbons (Fsp3) is 0.238. The smallest absolute Gasteiger partial charge is 0.278 e. The van der Waals surface area contributed by atoms with Crippen molar-refractivity contribution in [2.45, 2.75) is 6.54 Å². The van der Waals surface area contributed by atoms with Crippen molar-refractivity contribution >= 4 is 40.6 Å². The molecule has 0 aromatic heterocycles. The Hall–Kier alpha value is -2.34. The summed E-state index contributed by atoms with van der Waals surface area (Å²) in [6.07, 6.45) is 0. The van der Waals surface area contributed by atoms with E-state index in [0.717, 1.165) is 5.56 Å². The van der Waals surface area contributed by atoms with Gasteiger partial charge in [0.2, 0.25) is 0 Å². The van der Waals surface area contributed by atoms with Crippen LogP contribution in [0.15, 0.2) is 54.2 Å². The van der Waals surface area contributed by atoms with Gasteiger partial charge in [-0.3, -0.25) is 14.5 Å². The molecule has 0 saturated carbocycles. The Bertz CT molecular complexity index is 950. The van der Waals surface area contributed by atoms with Crippen LogP contribution in [0.3, 0.4) is 0 Å². The zero-order valence-corrected chi connectivity index (χ0v) is 16.5. The number of ether oxygens (including phenoxy) is 1. The van der Waals surface area contributed by atoms with Gasteiger partial charge >= 0.3 is 0 Å². The lowest BCUT2D eigenvalue weighted by molar-refractivity contribution is -0.138. The fourth-order valence-corrected chi connectivity index (χ4v) is 3.78. The van der Waals surface area contributed by atoms with Crippen molar-refractivity contribution in [3.8, 4) is 0 Å². The lowest BCUT2D eigenvalue weighted by Gasteiger charge is -2.29. The van der Waals surface area contributed by atoms with Gasteiger partial charge in [0.15, 0.2) is 0 Å². The maximum absolute atomic E-state index is 13.3. The Morgan fingerprint density at radius 2 is 1.57 bits per heavy atom. The first-order valence-electron chi connectivity index (χ1n) is 8.99. The molecule has 5 nitrogen and oxygen atoms in total. The summed E-state index contributed by atoms with van der Waals surface area (Å²) in [6.45, 7) is 2.28. The molecule has 7 heteroatoms. The minimum atomic E-state index is -0.325. The molecule has 0 aliphatic carbocycles. The van der Waals surface area contributed by atoms with E-state index in [0.29, 0.717) is 53.2 Å². The van der Waals surface area contributed by atoms with Crippen LogP contribution in [0.2, 0.25) is 10.0 Å². The monoisotopic (exact) mass is 416 g/mol. The molecule has 2 aliphatic rings. The molecule has 28 heavy (non-hydrogen) atoms. The molecule has 1 fully saturated rings. The topological polar surface area (TPSA) is 49.9 Å². The number of benzene rings is 2. The first-order valence-corrected chi connectivity index (χ1v) is 9.74. The van der Waals surface area contributed by atoms with E-state index in [-0.39, 0.29) is 18.4 Å². The largest absolute Gasteiger partial charge is 0.378 e. The number of morpholine rings is 1. The maximum atomic E-state index is 13.3. The predicted molar refractivity (Wildman–Crippen MR) is 108 cm³/mol. The van der Waals surface area contributed by atoms with Gasteiger partial charge in [0.05, 0.1) is 25.3 Å². The van der Waals surface area contributed by atoms with Crippen LogP contribution in [0.1, 0.15) is 11.1 Å². The normalized spacial score (nSPS) is 17.6. The van der Waals surface area contributed by atoms with E-state index in [2.05, 4.69) is 0 Å². The van der Waals surface area contributed by atoms with Crippen molar-refractivity contribution in [1.29, 1.82) is 0 Å². The third-order valence-corrected chi connectivity index (χ3v) is 5.51. The molecule has 0 N–H and O–H groups in total. The SMILES string of the molecule is O=C1C(c2ccc(Cl)cc2)=C(N2CCOCC2)C(=O)N1Cc1ccccc1Cl. The van der Waals surface area contributed by atoms with Crippen molar-refractivity contribution in [2.75, 3.05) is 26.3 Å². The number of carbonyl (C=O) groups excluding carboxylic acids is 2. The molecule has 2 amide bonds. The molecule has 0 unspecified atom stereocenters. The number of amides is 2. The molecule has 2 heterocycles. The molecule has 4 rings (SSSR count). The highest BCUT2D eigenvalue weighted by Gasteiger charge is 2.42. The van der Waals surface area contributed by atoms with Gasteiger partial charge in [-0.25, -0.2) is 0 Å². The first-order chi connectivity index (χ1) is 13.6. The molecule has 2 aromatic carbocycles. The second kappa shape index (κ2) is 7.95. The number of halogens is 2. The van der Waals surface area contributed by atoms with Crippen LogP contribution >= 0.6 is 23.2 Å². The Kier molecular flexibility index (Phi) is 5.40. The van der Waals surface area contributed by atoms with Crippen LogP contribution in [0.5, 0.6) is 0 Å². The van der Waals surface area contributed by atoms with Gasteiger partial charge in [-0.1, -0.05) is 53.5 Å². The minimum Gasteiger partial charge on any atom is -0.378 e. The number of rotatable bonds is 4. The minimum absolute atomic E-state index is 0.127. The maximum Gasteiger partial charge on any atom is 0.278 e. The number of hydrogen-bond acceptors (Lipinski definition) is 4. The van der Waals surface area contributed by atoms with E-state index < -0.39 is 0 Å². The summed E-state index contributed by atoms with van der Waals surface area (Å²) >= 11 is 12.3. The molecular weight excluding hydrogens is 399 g/mol. The summed E-state index contributed by atoms with van der Waals surface area (Å²) in [4.78, 5) is 29.8. The molecule has 1 saturated heterocycles. The zero-order valence-electron chi connectivity index (χ0n) is 15.0. The fourth-order valence-electron chi connectivity index (χ4n) is 3.46. The zero-order chi connectivity index (χ0) is 19.7. The number of nitrogens with zero attached hydrogens (tertiary/aromatic N) is 2. The van der Waals surface area contributed by atoms with Crippen molar-refractivity contribution in [3.63, 3.8) is 0 Å². The standard InChI is InChI=1S/C21H18Cl2N2O3/c22-16-7-5-14(6-8-16)18-19(24-9-11-28-12-10-24)21(27)25(20(18)26)13-15-3-1-2-4-17(15)23/h1-8H,9-13H2. The van der Waals surface area contributed by atoms with Crippen LogP contribution in [0.25, 0.3) is 5.57 Å². The Balaban J connectivity index is 1.74. The number of hydrogen-bond donors (Lipinski definition) is 0. The molecular formula is C21H18Cl2N2O3. The molecule has 0 radical (unpaired) electrons. The van der Waals surface area contributed by atoms with E-state index in [9.17, 15) is 9.59 Å². The van der Waals surface area contributed by atoms with Gasteiger partial charge in [-0.05, 0) is 29.3 Å². The van der Waals surface area contributed by atoms with Crippen LogP contribution in [0.4, 0.5) is 0 Å². The Morgan fingerprint density at radius 1 is 0.893 bits per heavy atom. The summed E-state index contributed by atoms with van der Waals surface area (Å²) in [5, 5.41) is 1.10. The van der Waals surface area contributed by atoms with E-state index in [1.165, 1.54) is 4.90 Å². The molecule has 0 bridgehead atoms. The van der Waals surface area contributed by atoms with E-state index in [1.807, 2.05) is 23.1 Å². The molecule has 2 aliphatic heterocycles. The second-order valence-electron chi connectivity index (χ2n) is 6.62.